The van der Waals surface area contributed by atoms with Crippen LogP contribution in [0.2, 0.25) is 0 Å². The smallest absolute Gasteiger partial charge is 0.270 e. The van der Waals surface area contributed by atoms with Gasteiger partial charge in [0.1, 0.15) is 5.00 Å². The van der Waals surface area contributed by atoms with Gasteiger partial charge in [-0.05, 0) is 42.2 Å². The minimum Gasteiger partial charge on any atom is -0.378 e. The molecule has 1 atom stereocenters. The van der Waals surface area contributed by atoms with Gasteiger partial charge in [-0.3, -0.25) is 19.7 Å². The van der Waals surface area contributed by atoms with E-state index >= 15 is 0 Å². The molecule has 1 fully saturated rings. The molecular formula is C24H30N4O5S. The molecule has 2 heterocycles. The number of carbonyl (C=O) groups is 2. The molecule has 10 heteroatoms. The Morgan fingerprint density at radius 1 is 1.26 bits per heavy atom. The number of hydrogen-bond acceptors (Lipinski definition) is 7. The minimum atomic E-state index is -0.575. The van der Waals surface area contributed by atoms with E-state index in [4.69, 9.17) is 10.5 Å². The van der Waals surface area contributed by atoms with E-state index in [1.807, 2.05) is 4.90 Å². The first kappa shape index (κ1) is 24.2. The largest absolute Gasteiger partial charge is 0.378 e. The zero-order valence-electron chi connectivity index (χ0n) is 19.7. The summed E-state index contributed by atoms with van der Waals surface area (Å²) in [6.07, 6.45) is 2.51. The van der Waals surface area contributed by atoms with E-state index < -0.39 is 16.7 Å². The fourth-order valence-corrected chi connectivity index (χ4v) is 6.07. The summed E-state index contributed by atoms with van der Waals surface area (Å²) in [5.74, 6) is -0.610. The highest BCUT2D eigenvalue weighted by Crippen LogP contribution is 2.44. The average molecular weight is 487 g/mol. The summed E-state index contributed by atoms with van der Waals surface area (Å²) in [5.41, 5.74) is 7.76. The lowest BCUT2D eigenvalue weighted by Crippen LogP contribution is -2.37. The molecule has 3 N–H and O–H groups in total. The van der Waals surface area contributed by atoms with Crippen LogP contribution in [0.3, 0.4) is 0 Å². The van der Waals surface area contributed by atoms with Crippen molar-refractivity contribution in [3.63, 3.8) is 0 Å². The second kappa shape index (κ2) is 9.34. The number of hydrogen-bond donors (Lipinski definition) is 2. The lowest BCUT2D eigenvalue weighted by Gasteiger charge is -2.33. The van der Waals surface area contributed by atoms with Crippen LogP contribution in [0.1, 0.15) is 58.3 Å². The van der Waals surface area contributed by atoms with E-state index in [2.05, 4.69) is 26.1 Å². The number of carbonyl (C=O) groups excluding carboxylic acids is 2. The first-order chi connectivity index (χ1) is 16.1. The third-order valence-electron chi connectivity index (χ3n) is 6.75. The van der Waals surface area contributed by atoms with Gasteiger partial charge in [-0.2, -0.15) is 0 Å². The number of fused-ring (bicyclic) bond motifs is 1. The molecule has 2 amide bonds. The molecular weight excluding hydrogens is 456 g/mol. The first-order valence-electron chi connectivity index (χ1n) is 11.4. The number of nitro benzene ring substituents is 1. The summed E-state index contributed by atoms with van der Waals surface area (Å²) in [4.78, 5) is 39.7. The van der Waals surface area contributed by atoms with Crippen LogP contribution >= 0.6 is 11.3 Å². The minimum absolute atomic E-state index is 0.133. The van der Waals surface area contributed by atoms with Crippen molar-refractivity contribution in [2.45, 2.75) is 40.0 Å². The van der Waals surface area contributed by atoms with Gasteiger partial charge in [-0.15, -0.1) is 11.3 Å². The molecule has 9 nitrogen and oxygen atoms in total. The number of benzene rings is 1. The number of nitro groups is 1. The zero-order chi connectivity index (χ0) is 24.6. The van der Waals surface area contributed by atoms with Crippen LogP contribution < -0.4 is 16.0 Å². The molecule has 0 bridgehead atoms. The molecule has 0 radical (unpaired) electrons. The van der Waals surface area contributed by atoms with E-state index in [1.165, 1.54) is 23.5 Å². The van der Waals surface area contributed by atoms with Crippen LogP contribution in [-0.2, 0) is 17.6 Å². The van der Waals surface area contributed by atoms with E-state index in [9.17, 15) is 19.7 Å². The SMILES string of the molecule is CC(C)(C)[C@@H]1CCc2c(sc(NC(=O)c3cc([N+](=O)[O-])ccc3N3CCOCC3)c2C(N)=O)C1. The summed E-state index contributed by atoms with van der Waals surface area (Å²) in [6, 6.07) is 4.28. The number of non-ortho nitro benzene ring substituents is 1. The second-order valence-corrected chi connectivity index (χ2v) is 11.0. The Kier molecular flexibility index (Phi) is 6.64. The number of rotatable bonds is 5. The van der Waals surface area contributed by atoms with Gasteiger partial charge in [0.25, 0.3) is 17.5 Å². The molecule has 34 heavy (non-hydrogen) atoms. The van der Waals surface area contributed by atoms with Crippen molar-refractivity contribution in [3.8, 4) is 0 Å². The predicted molar refractivity (Wildman–Crippen MR) is 132 cm³/mol. The molecule has 1 aromatic heterocycles. The fourth-order valence-electron chi connectivity index (χ4n) is 4.74. The molecule has 1 saturated heterocycles. The van der Waals surface area contributed by atoms with Crippen molar-refractivity contribution in [1.29, 1.82) is 0 Å². The van der Waals surface area contributed by atoms with Crippen molar-refractivity contribution in [3.05, 3.63) is 49.9 Å². The van der Waals surface area contributed by atoms with Crippen molar-refractivity contribution < 1.29 is 19.2 Å². The maximum atomic E-state index is 13.4. The molecule has 2 aliphatic rings. The van der Waals surface area contributed by atoms with Gasteiger partial charge in [0.2, 0.25) is 0 Å². The highest BCUT2D eigenvalue weighted by atomic mass is 32.1. The summed E-state index contributed by atoms with van der Waals surface area (Å²) in [5, 5.41) is 14.7. The molecule has 4 rings (SSSR count). The summed E-state index contributed by atoms with van der Waals surface area (Å²) in [7, 11) is 0. The molecule has 0 unspecified atom stereocenters. The van der Waals surface area contributed by atoms with Gasteiger partial charge < -0.3 is 20.7 Å². The summed E-state index contributed by atoms with van der Waals surface area (Å²) in [6.45, 7) is 8.81. The Balaban J connectivity index is 1.69. The van der Waals surface area contributed by atoms with Gasteiger partial charge in [0, 0.05) is 30.1 Å². The third-order valence-corrected chi connectivity index (χ3v) is 7.92. The number of ether oxygens (including phenoxy) is 1. The Labute approximate surface area is 202 Å². The highest BCUT2D eigenvalue weighted by molar-refractivity contribution is 7.17. The number of morpholine rings is 1. The van der Waals surface area contributed by atoms with Gasteiger partial charge in [0.15, 0.2) is 0 Å². The lowest BCUT2D eigenvalue weighted by molar-refractivity contribution is -0.384. The summed E-state index contributed by atoms with van der Waals surface area (Å²) < 4.78 is 5.40. The normalized spacial score (nSPS) is 18.3. The molecule has 2 aromatic rings. The standard InChI is InChI=1S/C24H30N4O5S/c1-24(2,3)14-4-6-16-19(12-14)34-23(20(16)21(25)29)26-22(30)17-13-15(28(31)32)5-7-18(17)27-8-10-33-11-9-27/h5,7,13-14H,4,6,8-12H2,1-3H3,(H2,25,29)(H,26,30)/t14-/m1/s1. The molecule has 0 saturated carbocycles. The molecule has 1 aliphatic carbocycles. The molecule has 1 aliphatic heterocycles. The van der Waals surface area contributed by atoms with Crippen molar-refractivity contribution in [2.24, 2.45) is 17.1 Å². The number of nitrogens with two attached hydrogens (primary N) is 1. The van der Waals surface area contributed by atoms with Crippen molar-refractivity contribution >= 4 is 39.5 Å². The van der Waals surface area contributed by atoms with E-state index in [0.29, 0.717) is 48.5 Å². The topological polar surface area (TPSA) is 128 Å². The van der Waals surface area contributed by atoms with Crippen LogP contribution in [0.5, 0.6) is 0 Å². The first-order valence-corrected chi connectivity index (χ1v) is 12.2. The Morgan fingerprint density at radius 3 is 2.59 bits per heavy atom. The fraction of sp³-hybridized carbons (Fsp3) is 0.500. The monoisotopic (exact) mass is 486 g/mol. The van der Waals surface area contributed by atoms with Gasteiger partial charge in [-0.1, -0.05) is 20.8 Å². The molecule has 1 aromatic carbocycles. The quantitative estimate of drug-likeness (QED) is 0.486. The number of thiophene rings is 1. The average Bonchev–Trinajstić information content (AvgIpc) is 3.15. The maximum absolute atomic E-state index is 13.4. The number of nitrogens with zero attached hydrogens (tertiary/aromatic N) is 2. The number of amides is 2. The third kappa shape index (κ3) is 4.78. The van der Waals surface area contributed by atoms with E-state index in [0.717, 1.165) is 29.7 Å². The summed E-state index contributed by atoms with van der Waals surface area (Å²) >= 11 is 1.38. The Hall–Kier alpha value is -2.98. The van der Waals surface area contributed by atoms with E-state index in [1.54, 1.807) is 6.07 Å². The van der Waals surface area contributed by atoms with Crippen LogP contribution in [0, 0.1) is 21.4 Å². The predicted octanol–water partition coefficient (Wildman–Crippen LogP) is 4.00. The zero-order valence-corrected chi connectivity index (χ0v) is 20.5. The molecule has 0 spiro atoms. The number of anilines is 2. The maximum Gasteiger partial charge on any atom is 0.270 e. The van der Waals surface area contributed by atoms with Crippen molar-refractivity contribution in [1.82, 2.24) is 0 Å². The van der Waals surface area contributed by atoms with Gasteiger partial charge in [-0.25, -0.2) is 0 Å². The number of nitrogens with one attached hydrogen (secondary N) is 1. The van der Waals surface area contributed by atoms with Crippen LogP contribution in [-0.4, -0.2) is 43.0 Å². The van der Waals surface area contributed by atoms with E-state index in [-0.39, 0.29) is 16.7 Å². The molecule has 182 valence electrons. The highest BCUT2D eigenvalue weighted by Gasteiger charge is 2.34. The second-order valence-electron chi connectivity index (χ2n) is 9.89. The Bertz CT molecular complexity index is 1130. The van der Waals surface area contributed by atoms with Crippen molar-refractivity contribution in [2.75, 3.05) is 36.5 Å². The van der Waals surface area contributed by atoms with Crippen LogP contribution in [0.4, 0.5) is 16.4 Å². The van der Waals surface area contributed by atoms with Crippen LogP contribution in [0.25, 0.3) is 0 Å². The Morgan fingerprint density at radius 2 is 1.97 bits per heavy atom. The lowest BCUT2D eigenvalue weighted by atomic mass is 9.72. The number of primary amides is 1. The van der Waals surface area contributed by atoms with Crippen LogP contribution in [0.15, 0.2) is 18.2 Å². The van der Waals surface area contributed by atoms with Gasteiger partial charge in [0.05, 0.1) is 35.0 Å². The van der Waals surface area contributed by atoms with Gasteiger partial charge >= 0.3 is 0 Å².